The summed E-state index contributed by atoms with van der Waals surface area (Å²) in [7, 11) is 1.57. The van der Waals surface area contributed by atoms with Crippen molar-refractivity contribution in [1.29, 1.82) is 0 Å². The fourth-order valence-electron chi connectivity index (χ4n) is 1.10. The highest BCUT2D eigenvalue weighted by Crippen LogP contribution is 2.08. The lowest BCUT2D eigenvalue weighted by atomic mass is 10.0. The zero-order valence-electron chi connectivity index (χ0n) is 9.40. The van der Waals surface area contributed by atoms with Gasteiger partial charge in [-0.3, -0.25) is 4.79 Å². The monoisotopic (exact) mass is 244 g/mol. The average Bonchev–Trinajstić information content (AvgIpc) is 2.77. The van der Waals surface area contributed by atoms with Crippen molar-refractivity contribution in [2.75, 3.05) is 20.3 Å². The molecule has 1 aromatic rings. The quantitative estimate of drug-likeness (QED) is 0.771. The third kappa shape index (κ3) is 4.26. The van der Waals surface area contributed by atoms with Crippen LogP contribution in [0.15, 0.2) is 10.9 Å². The average molecular weight is 244 g/mol. The summed E-state index contributed by atoms with van der Waals surface area (Å²) in [4.78, 5) is 15.4. The summed E-state index contributed by atoms with van der Waals surface area (Å²) in [5, 5.41) is 14.2. The molecule has 1 atom stereocenters. The predicted molar refractivity (Wildman–Crippen MR) is 61.6 cm³/mol. The summed E-state index contributed by atoms with van der Waals surface area (Å²) in [6, 6.07) is 0. The van der Waals surface area contributed by atoms with Gasteiger partial charge in [-0.15, -0.1) is 11.3 Å². The number of thiazole rings is 1. The van der Waals surface area contributed by atoms with E-state index in [1.807, 2.05) is 0 Å². The van der Waals surface area contributed by atoms with E-state index in [2.05, 4.69) is 10.3 Å². The van der Waals surface area contributed by atoms with Crippen LogP contribution < -0.4 is 5.32 Å². The lowest BCUT2D eigenvalue weighted by Crippen LogP contribution is -2.41. The zero-order chi connectivity index (χ0) is 12.0. The molecule has 6 heteroatoms. The highest BCUT2D eigenvalue weighted by molar-refractivity contribution is 7.07. The Balaban J connectivity index is 2.36. The molecule has 1 aromatic heterocycles. The van der Waals surface area contributed by atoms with E-state index < -0.39 is 5.60 Å². The largest absolute Gasteiger partial charge is 0.388 e. The molecule has 0 bridgehead atoms. The maximum absolute atomic E-state index is 11.5. The van der Waals surface area contributed by atoms with E-state index in [1.165, 1.54) is 11.3 Å². The van der Waals surface area contributed by atoms with Gasteiger partial charge in [-0.25, -0.2) is 4.98 Å². The smallest absolute Gasteiger partial charge is 0.270 e. The molecule has 1 unspecified atom stereocenters. The molecule has 90 valence electrons. The second-order valence-electron chi connectivity index (χ2n) is 3.80. The van der Waals surface area contributed by atoms with Gasteiger partial charge in [-0.1, -0.05) is 0 Å². The predicted octanol–water partition coefficient (Wildman–Crippen LogP) is 0.660. The molecule has 0 aromatic carbocycles. The van der Waals surface area contributed by atoms with Gasteiger partial charge in [0.2, 0.25) is 0 Å². The van der Waals surface area contributed by atoms with Crippen molar-refractivity contribution in [2.24, 2.45) is 0 Å². The number of methoxy groups -OCH3 is 1. The maximum Gasteiger partial charge on any atom is 0.270 e. The van der Waals surface area contributed by atoms with Gasteiger partial charge in [0.05, 0.1) is 11.1 Å². The molecule has 1 amide bonds. The Kier molecular flexibility index (Phi) is 4.85. The number of aliphatic hydroxyl groups is 1. The van der Waals surface area contributed by atoms with E-state index in [0.717, 1.165) is 0 Å². The van der Waals surface area contributed by atoms with Crippen molar-refractivity contribution in [2.45, 2.75) is 18.9 Å². The highest BCUT2D eigenvalue weighted by atomic mass is 32.1. The number of nitrogens with one attached hydrogen (secondary N) is 1. The summed E-state index contributed by atoms with van der Waals surface area (Å²) in [5.74, 6) is -0.265. The minimum absolute atomic E-state index is 0.187. The van der Waals surface area contributed by atoms with Gasteiger partial charge in [0.1, 0.15) is 5.69 Å². The Morgan fingerprint density at radius 2 is 2.50 bits per heavy atom. The first-order valence-electron chi connectivity index (χ1n) is 4.93. The third-order valence-electron chi connectivity index (χ3n) is 2.14. The molecule has 0 saturated heterocycles. The topological polar surface area (TPSA) is 71.5 Å². The standard InChI is InChI=1S/C10H16N2O3S/c1-10(14,3-4-15-2)6-11-9(13)8-5-16-7-12-8/h5,7,14H,3-4,6H2,1-2H3,(H,11,13). The van der Waals surface area contributed by atoms with Gasteiger partial charge in [0.25, 0.3) is 5.91 Å². The molecule has 0 aliphatic rings. The Morgan fingerprint density at radius 1 is 1.75 bits per heavy atom. The number of ether oxygens (including phenoxy) is 1. The van der Waals surface area contributed by atoms with Crippen LogP contribution in [0.25, 0.3) is 0 Å². The van der Waals surface area contributed by atoms with Crippen molar-refractivity contribution in [3.63, 3.8) is 0 Å². The highest BCUT2D eigenvalue weighted by Gasteiger charge is 2.21. The SMILES string of the molecule is COCCC(C)(O)CNC(=O)c1cscn1. The first-order chi connectivity index (χ1) is 7.55. The minimum Gasteiger partial charge on any atom is -0.388 e. The van der Waals surface area contributed by atoms with Crippen LogP contribution in [-0.4, -0.2) is 41.9 Å². The van der Waals surface area contributed by atoms with Crippen molar-refractivity contribution in [3.8, 4) is 0 Å². The van der Waals surface area contributed by atoms with Gasteiger partial charge < -0.3 is 15.2 Å². The number of carbonyl (C=O) groups excluding carboxylic acids is 1. The van der Waals surface area contributed by atoms with Gasteiger partial charge in [0.15, 0.2) is 0 Å². The second-order valence-corrected chi connectivity index (χ2v) is 4.51. The van der Waals surface area contributed by atoms with Gasteiger partial charge in [-0.2, -0.15) is 0 Å². The number of amides is 1. The van der Waals surface area contributed by atoms with Crippen molar-refractivity contribution < 1.29 is 14.6 Å². The minimum atomic E-state index is -0.957. The van der Waals surface area contributed by atoms with E-state index in [0.29, 0.717) is 18.7 Å². The van der Waals surface area contributed by atoms with Crippen LogP contribution in [0.4, 0.5) is 0 Å². The second kappa shape index (κ2) is 5.93. The van der Waals surface area contributed by atoms with E-state index in [9.17, 15) is 9.90 Å². The van der Waals surface area contributed by atoms with Crippen molar-refractivity contribution >= 4 is 17.2 Å². The van der Waals surface area contributed by atoms with Crippen LogP contribution in [0.1, 0.15) is 23.8 Å². The van der Waals surface area contributed by atoms with Crippen LogP contribution in [0.2, 0.25) is 0 Å². The van der Waals surface area contributed by atoms with Gasteiger partial charge in [0, 0.05) is 32.1 Å². The molecule has 0 fully saturated rings. The fraction of sp³-hybridized carbons (Fsp3) is 0.600. The third-order valence-corrected chi connectivity index (χ3v) is 2.73. The maximum atomic E-state index is 11.5. The lowest BCUT2D eigenvalue weighted by molar-refractivity contribution is 0.0243. The molecule has 16 heavy (non-hydrogen) atoms. The molecule has 0 aliphatic heterocycles. The van der Waals surface area contributed by atoms with E-state index >= 15 is 0 Å². The normalized spacial score (nSPS) is 14.4. The summed E-state index contributed by atoms with van der Waals surface area (Å²) >= 11 is 1.36. The number of hydrogen-bond acceptors (Lipinski definition) is 5. The van der Waals surface area contributed by atoms with Crippen molar-refractivity contribution in [1.82, 2.24) is 10.3 Å². The molecule has 1 rings (SSSR count). The summed E-state index contributed by atoms with van der Waals surface area (Å²) < 4.78 is 4.87. The van der Waals surface area contributed by atoms with Crippen LogP contribution >= 0.6 is 11.3 Å². The summed E-state index contributed by atoms with van der Waals surface area (Å²) in [6.07, 6.45) is 0.473. The first-order valence-corrected chi connectivity index (χ1v) is 5.87. The van der Waals surface area contributed by atoms with Crippen molar-refractivity contribution in [3.05, 3.63) is 16.6 Å². The molecule has 0 saturated carbocycles. The first kappa shape index (κ1) is 13.1. The molecule has 0 aliphatic carbocycles. The molecule has 0 radical (unpaired) electrons. The molecular weight excluding hydrogens is 228 g/mol. The lowest BCUT2D eigenvalue weighted by Gasteiger charge is -2.22. The number of hydrogen-bond donors (Lipinski definition) is 2. The van der Waals surface area contributed by atoms with Crippen LogP contribution in [0.3, 0.4) is 0 Å². The Hall–Kier alpha value is -0.980. The van der Waals surface area contributed by atoms with Gasteiger partial charge in [-0.05, 0) is 6.92 Å². The van der Waals surface area contributed by atoms with Crippen LogP contribution in [0, 0.1) is 0 Å². The number of rotatable bonds is 6. The Bertz CT molecular complexity index is 325. The molecule has 0 spiro atoms. The van der Waals surface area contributed by atoms with Crippen LogP contribution in [-0.2, 0) is 4.74 Å². The summed E-state index contributed by atoms with van der Waals surface area (Å²) in [5.41, 5.74) is 1.02. The Morgan fingerprint density at radius 3 is 3.06 bits per heavy atom. The van der Waals surface area contributed by atoms with E-state index in [4.69, 9.17) is 4.74 Å². The summed E-state index contributed by atoms with van der Waals surface area (Å²) in [6.45, 7) is 2.31. The molecule has 1 heterocycles. The fourth-order valence-corrected chi connectivity index (χ4v) is 1.63. The number of aromatic nitrogens is 1. The zero-order valence-corrected chi connectivity index (χ0v) is 10.2. The molecule has 5 nitrogen and oxygen atoms in total. The van der Waals surface area contributed by atoms with Crippen LogP contribution in [0.5, 0.6) is 0 Å². The Labute approximate surface area is 98.5 Å². The van der Waals surface area contributed by atoms with E-state index in [-0.39, 0.29) is 12.5 Å². The van der Waals surface area contributed by atoms with E-state index in [1.54, 1.807) is 24.9 Å². The number of nitrogens with zero attached hydrogens (tertiary/aromatic N) is 1. The van der Waals surface area contributed by atoms with Gasteiger partial charge >= 0.3 is 0 Å². The number of carbonyl (C=O) groups is 1. The molecular formula is C10H16N2O3S. The molecule has 2 N–H and O–H groups in total.